The Kier molecular flexibility index (Phi) is 2.28. The minimum Gasteiger partial charge on any atom is -0.324 e. The molecule has 1 aliphatic rings. The molecule has 2 atom stereocenters. The summed E-state index contributed by atoms with van der Waals surface area (Å²) in [6, 6.07) is 0.198. The van der Waals surface area contributed by atoms with Crippen molar-refractivity contribution in [1.82, 2.24) is 0 Å². The fourth-order valence-electron chi connectivity index (χ4n) is 1.08. The molecule has 1 unspecified atom stereocenters. The standard InChI is InChI=1S/C9H15N/c1-7-3-5-9(6-4-7)8(2)10/h3,5-8H,4,10H2,1-2H3/t7?,8-/m0/s1. The van der Waals surface area contributed by atoms with E-state index in [2.05, 4.69) is 25.2 Å². The molecule has 0 spiro atoms. The van der Waals surface area contributed by atoms with Crippen LogP contribution in [0.2, 0.25) is 0 Å². The highest BCUT2D eigenvalue weighted by Crippen LogP contribution is 2.16. The van der Waals surface area contributed by atoms with Gasteiger partial charge in [0.25, 0.3) is 0 Å². The van der Waals surface area contributed by atoms with Crippen LogP contribution < -0.4 is 5.73 Å². The molecule has 0 amide bonds. The first kappa shape index (κ1) is 7.55. The summed E-state index contributed by atoms with van der Waals surface area (Å²) in [5.74, 6) is 0.697. The van der Waals surface area contributed by atoms with Crippen LogP contribution in [0.25, 0.3) is 0 Å². The van der Waals surface area contributed by atoms with Gasteiger partial charge in [-0.2, -0.15) is 0 Å². The molecule has 0 radical (unpaired) electrons. The average Bonchev–Trinajstić information content (AvgIpc) is 1.88. The third-order valence-corrected chi connectivity index (χ3v) is 1.87. The molecular formula is C9H15N. The smallest absolute Gasteiger partial charge is 0.0262 e. The number of rotatable bonds is 1. The molecular weight excluding hydrogens is 122 g/mol. The van der Waals surface area contributed by atoms with Gasteiger partial charge >= 0.3 is 0 Å². The van der Waals surface area contributed by atoms with Crippen molar-refractivity contribution < 1.29 is 0 Å². The molecule has 0 aliphatic heterocycles. The number of nitrogens with two attached hydrogens (primary N) is 1. The molecule has 56 valence electrons. The van der Waals surface area contributed by atoms with Crippen LogP contribution in [-0.4, -0.2) is 6.04 Å². The number of allylic oxidation sites excluding steroid dienone is 2. The monoisotopic (exact) mass is 137 g/mol. The first-order valence-electron chi connectivity index (χ1n) is 3.84. The number of hydrogen-bond donors (Lipinski definition) is 1. The van der Waals surface area contributed by atoms with Gasteiger partial charge in [-0.1, -0.05) is 25.2 Å². The van der Waals surface area contributed by atoms with Crippen LogP contribution in [0.1, 0.15) is 20.3 Å². The second kappa shape index (κ2) is 3.02. The third-order valence-electron chi connectivity index (χ3n) is 1.87. The molecule has 10 heavy (non-hydrogen) atoms. The number of hydrogen-bond acceptors (Lipinski definition) is 1. The van der Waals surface area contributed by atoms with Crippen molar-refractivity contribution in [1.29, 1.82) is 0 Å². The molecule has 0 saturated heterocycles. The molecule has 1 heteroatoms. The van der Waals surface area contributed by atoms with Crippen molar-refractivity contribution >= 4 is 0 Å². The Hall–Kier alpha value is -0.560. The van der Waals surface area contributed by atoms with Crippen molar-refractivity contribution in [3.8, 4) is 0 Å². The summed E-state index contributed by atoms with van der Waals surface area (Å²) in [5.41, 5.74) is 6.97. The maximum Gasteiger partial charge on any atom is 0.0262 e. The van der Waals surface area contributed by atoms with Crippen LogP contribution in [-0.2, 0) is 0 Å². The van der Waals surface area contributed by atoms with Gasteiger partial charge in [0.05, 0.1) is 0 Å². The van der Waals surface area contributed by atoms with E-state index in [4.69, 9.17) is 5.73 Å². The summed E-state index contributed by atoms with van der Waals surface area (Å²) in [6.45, 7) is 4.23. The molecule has 0 heterocycles. The highest BCUT2D eigenvalue weighted by molar-refractivity contribution is 5.27. The zero-order valence-corrected chi connectivity index (χ0v) is 6.67. The van der Waals surface area contributed by atoms with Gasteiger partial charge in [-0.3, -0.25) is 0 Å². The molecule has 2 N–H and O–H groups in total. The van der Waals surface area contributed by atoms with Crippen molar-refractivity contribution in [2.75, 3.05) is 0 Å². The van der Waals surface area contributed by atoms with Crippen LogP contribution in [0, 0.1) is 5.92 Å². The molecule has 0 aromatic heterocycles. The molecule has 0 aromatic carbocycles. The minimum absolute atomic E-state index is 0.198. The van der Waals surface area contributed by atoms with E-state index in [1.165, 1.54) is 5.57 Å². The fraction of sp³-hybridized carbons (Fsp3) is 0.556. The van der Waals surface area contributed by atoms with Crippen molar-refractivity contribution in [2.24, 2.45) is 11.7 Å². The zero-order chi connectivity index (χ0) is 7.56. The average molecular weight is 137 g/mol. The third kappa shape index (κ3) is 1.71. The Bertz CT molecular complexity index is 166. The molecule has 0 aromatic rings. The van der Waals surface area contributed by atoms with Crippen LogP contribution >= 0.6 is 0 Å². The van der Waals surface area contributed by atoms with E-state index in [0.29, 0.717) is 5.92 Å². The molecule has 0 saturated carbocycles. The first-order chi connectivity index (χ1) is 4.70. The van der Waals surface area contributed by atoms with Gasteiger partial charge in [0, 0.05) is 6.04 Å². The topological polar surface area (TPSA) is 26.0 Å². The predicted octanol–water partition coefficient (Wildman–Crippen LogP) is 1.86. The van der Waals surface area contributed by atoms with Crippen molar-refractivity contribution in [2.45, 2.75) is 26.3 Å². The van der Waals surface area contributed by atoms with E-state index in [1.54, 1.807) is 0 Å². The Labute approximate surface area is 62.6 Å². The van der Waals surface area contributed by atoms with Crippen LogP contribution in [0.3, 0.4) is 0 Å². The van der Waals surface area contributed by atoms with Gasteiger partial charge in [0.1, 0.15) is 0 Å². The lowest BCUT2D eigenvalue weighted by Gasteiger charge is -2.13. The largest absolute Gasteiger partial charge is 0.324 e. The Morgan fingerprint density at radius 1 is 1.70 bits per heavy atom. The Morgan fingerprint density at radius 3 is 2.80 bits per heavy atom. The van der Waals surface area contributed by atoms with Crippen LogP contribution in [0.15, 0.2) is 23.8 Å². The molecule has 0 fully saturated rings. The molecule has 1 rings (SSSR count). The Morgan fingerprint density at radius 2 is 2.40 bits per heavy atom. The minimum atomic E-state index is 0.198. The lowest BCUT2D eigenvalue weighted by molar-refractivity contribution is 0.716. The molecule has 0 bridgehead atoms. The Balaban J connectivity index is 2.59. The molecule has 1 nitrogen and oxygen atoms in total. The maximum atomic E-state index is 5.69. The highest BCUT2D eigenvalue weighted by atomic mass is 14.6. The SMILES string of the molecule is CC1C=CC([C@H](C)N)=CC1. The first-order valence-corrected chi connectivity index (χ1v) is 3.84. The van der Waals surface area contributed by atoms with Gasteiger partial charge in [0.15, 0.2) is 0 Å². The van der Waals surface area contributed by atoms with Gasteiger partial charge in [-0.15, -0.1) is 0 Å². The van der Waals surface area contributed by atoms with E-state index >= 15 is 0 Å². The van der Waals surface area contributed by atoms with E-state index in [9.17, 15) is 0 Å². The highest BCUT2D eigenvalue weighted by Gasteiger charge is 2.05. The van der Waals surface area contributed by atoms with Crippen LogP contribution in [0.4, 0.5) is 0 Å². The van der Waals surface area contributed by atoms with Gasteiger partial charge in [-0.25, -0.2) is 0 Å². The van der Waals surface area contributed by atoms with Gasteiger partial charge < -0.3 is 5.73 Å². The lowest BCUT2D eigenvalue weighted by Crippen LogP contribution is -2.18. The predicted molar refractivity (Wildman–Crippen MR) is 44.7 cm³/mol. The quantitative estimate of drug-likeness (QED) is 0.586. The summed E-state index contributed by atoms with van der Waals surface area (Å²) in [5, 5.41) is 0. The zero-order valence-electron chi connectivity index (χ0n) is 6.67. The summed E-state index contributed by atoms with van der Waals surface area (Å²) < 4.78 is 0. The second-order valence-electron chi connectivity index (χ2n) is 3.06. The summed E-state index contributed by atoms with van der Waals surface area (Å²) in [6.07, 6.45) is 7.74. The fourth-order valence-corrected chi connectivity index (χ4v) is 1.08. The lowest BCUT2D eigenvalue weighted by atomic mass is 9.95. The van der Waals surface area contributed by atoms with Crippen molar-refractivity contribution in [3.63, 3.8) is 0 Å². The van der Waals surface area contributed by atoms with E-state index in [0.717, 1.165) is 6.42 Å². The summed E-state index contributed by atoms with van der Waals surface area (Å²) >= 11 is 0. The normalized spacial score (nSPS) is 27.9. The molecule has 1 aliphatic carbocycles. The van der Waals surface area contributed by atoms with Gasteiger partial charge in [0.2, 0.25) is 0 Å². The maximum absolute atomic E-state index is 5.69. The van der Waals surface area contributed by atoms with Gasteiger partial charge in [-0.05, 0) is 24.8 Å². The van der Waals surface area contributed by atoms with Crippen molar-refractivity contribution in [3.05, 3.63) is 23.8 Å². The van der Waals surface area contributed by atoms with Crippen LogP contribution in [0.5, 0.6) is 0 Å². The van der Waals surface area contributed by atoms with E-state index in [-0.39, 0.29) is 6.04 Å². The summed E-state index contributed by atoms with van der Waals surface area (Å²) in [4.78, 5) is 0. The second-order valence-corrected chi connectivity index (χ2v) is 3.06. The van der Waals surface area contributed by atoms with E-state index in [1.807, 2.05) is 6.92 Å². The summed E-state index contributed by atoms with van der Waals surface area (Å²) in [7, 11) is 0. The van der Waals surface area contributed by atoms with E-state index < -0.39 is 0 Å².